The van der Waals surface area contributed by atoms with Gasteiger partial charge in [-0.25, -0.2) is 9.78 Å². The number of carboxylic acids is 2. The van der Waals surface area contributed by atoms with Crippen LogP contribution in [0.3, 0.4) is 0 Å². The number of halogens is 3. The quantitative estimate of drug-likeness (QED) is 0.313. The summed E-state index contributed by atoms with van der Waals surface area (Å²) in [6.45, 7) is 0.973. The van der Waals surface area contributed by atoms with E-state index >= 15 is 0 Å². The summed E-state index contributed by atoms with van der Waals surface area (Å²) < 4.78 is 37.1. The molecule has 3 heterocycles. The minimum Gasteiger partial charge on any atom is -0.508 e. The average Bonchev–Trinajstić information content (AvgIpc) is 3.30. The molecule has 1 unspecified atom stereocenters. The van der Waals surface area contributed by atoms with Gasteiger partial charge in [-0.3, -0.25) is 4.79 Å². The predicted octanol–water partition coefficient (Wildman–Crippen LogP) is 4.14. The monoisotopic (exact) mass is 536 g/mol. The summed E-state index contributed by atoms with van der Waals surface area (Å²) in [7, 11) is 0. The second-order valence-electron chi connectivity index (χ2n) is 8.70. The van der Waals surface area contributed by atoms with Crippen molar-refractivity contribution in [1.29, 1.82) is 0 Å². The number of nitrogens with zero attached hydrogens (tertiary/aromatic N) is 3. The topological polar surface area (TPSA) is 159 Å². The van der Waals surface area contributed by atoms with Gasteiger partial charge in [0.15, 0.2) is 5.82 Å². The number of benzene rings is 1. The van der Waals surface area contributed by atoms with Gasteiger partial charge in [0.1, 0.15) is 11.6 Å². The van der Waals surface area contributed by atoms with E-state index in [0.29, 0.717) is 24.6 Å². The zero-order valence-electron chi connectivity index (χ0n) is 20.2. The number of carboxylic acid groups (broad SMARTS) is 2. The Morgan fingerprint density at radius 1 is 1.11 bits per heavy atom. The number of aromatic hydroxyl groups is 1. The van der Waals surface area contributed by atoms with Crippen LogP contribution in [-0.4, -0.2) is 55.1 Å². The Labute approximate surface area is 215 Å². The molecule has 3 aromatic rings. The zero-order chi connectivity index (χ0) is 27.7. The molecule has 10 nitrogen and oxygen atoms in total. The molecule has 1 aromatic carbocycles. The van der Waals surface area contributed by atoms with E-state index in [-0.39, 0.29) is 18.1 Å². The van der Waals surface area contributed by atoms with Crippen LogP contribution < -0.4 is 5.32 Å². The summed E-state index contributed by atoms with van der Waals surface area (Å²) in [5, 5.41) is 33.5. The summed E-state index contributed by atoms with van der Waals surface area (Å²) in [6, 6.07) is 10.9. The first-order valence-electron chi connectivity index (χ1n) is 11.9. The third-order valence-electron chi connectivity index (χ3n) is 5.72. The number of anilines is 1. The van der Waals surface area contributed by atoms with Crippen LogP contribution in [-0.2, 0) is 35.3 Å². The molecule has 38 heavy (non-hydrogen) atoms. The molecular formula is C25H27F3N4O6. The lowest BCUT2D eigenvalue weighted by Gasteiger charge is -2.17. The molecule has 1 aliphatic rings. The molecule has 13 heteroatoms. The largest absolute Gasteiger partial charge is 0.508 e. The number of alkyl halides is 3. The summed E-state index contributed by atoms with van der Waals surface area (Å²) in [5.74, 6) is -1.92. The second kappa shape index (κ2) is 12.9. The number of hydrogen-bond acceptors (Lipinski definition) is 8. The molecule has 0 spiro atoms. The third-order valence-corrected chi connectivity index (χ3v) is 5.72. The molecule has 0 saturated heterocycles. The van der Waals surface area contributed by atoms with Gasteiger partial charge in [0.05, 0.1) is 6.42 Å². The highest BCUT2D eigenvalue weighted by Gasteiger charge is 2.38. The number of nitrogens with one attached hydrogen (secondary N) is 1. The van der Waals surface area contributed by atoms with Crippen molar-refractivity contribution in [2.75, 3.05) is 11.9 Å². The highest BCUT2D eigenvalue weighted by molar-refractivity contribution is 5.73. The Bertz CT molecular complexity index is 1250. The zero-order valence-corrected chi connectivity index (χ0v) is 20.2. The van der Waals surface area contributed by atoms with Gasteiger partial charge in [-0.15, -0.1) is 0 Å². The fraction of sp³-hybridized carbons (Fsp3) is 0.400. The van der Waals surface area contributed by atoms with Gasteiger partial charge in [-0.2, -0.15) is 18.2 Å². The van der Waals surface area contributed by atoms with Gasteiger partial charge < -0.3 is 25.2 Å². The Morgan fingerprint density at radius 2 is 1.87 bits per heavy atom. The lowest BCUT2D eigenvalue weighted by molar-refractivity contribution is -0.192. The van der Waals surface area contributed by atoms with Crippen molar-refractivity contribution in [3.8, 4) is 5.75 Å². The van der Waals surface area contributed by atoms with Crippen molar-refractivity contribution in [3.05, 3.63) is 64.9 Å². The Morgan fingerprint density at radius 3 is 2.55 bits per heavy atom. The van der Waals surface area contributed by atoms with E-state index in [4.69, 9.17) is 19.4 Å². The number of pyridine rings is 1. The van der Waals surface area contributed by atoms with Crippen LogP contribution in [0.5, 0.6) is 5.75 Å². The van der Waals surface area contributed by atoms with Crippen LogP contribution >= 0.6 is 0 Å². The van der Waals surface area contributed by atoms with Crippen molar-refractivity contribution >= 4 is 17.8 Å². The number of carbonyl (C=O) groups is 2. The molecule has 204 valence electrons. The fourth-order valence-corrected chi connectivity index (χ4v) is 3.92. The fourth-order valence-electron chi connectivity index (χ4n) is 3.92. The maximum atomic E-state index is 11.3. The highest BCUT2D eigenvalue weighted by atomic mass is 19.4. The minimum atomic E-state index is -5.08. The van der Waals surface area contributed by atoms with E-state index in [0.717, 1.165) is 49.3 Å². The van der Waals surface area contributed by atoms with E-state index in [1.165, 1.54) is 5.56 Å². The lowest BCUT2D eigenvalue weighted by Crippen LogP contribution is -2.21. The molecule has 4 rings (SSSR count). The molecule has 0 amide bonds. The van der Waals surface area contributed by atoms with E-state index < -0.39 is 18.1 Å². The maximum absolute atomic E-state index is 11.3. The molecule has 0 saturated carbocycles. The number of aryl methyl sites for hydroxylation is 3. The van der Waals surface area contributed by atoms with Crippen LogP contribution in [0.25, 0.3) is 0 Å². The number of phenols is 1. The van der Waals surface area contributed by atoms with Crippen molar-refractivity contribution in [2.24, 2.45) is 0 Å². The Hall–Kier alpha value is -4.16. The third kappa shape index (κ3) is 8.75. The number of phenolic OH excluding ortho intramolecular Hbond substituents is 1. The van der Waals surface area contributed by atoms with Crippen molar-refractivity contribution in [2.45, 2.75) is 57.0 Å². The van der Waals surface area contributed by atoms with E-state index in [1.54, 1.807) is 24.3 Å². The number of fused-ring (bicyclic) bond motifs is 1. The first kappa shape index (κ1) is 28.4. The van der Waals surface area contributed by atoms with Crippen molar-refractivity contribution in [1.82, 2.24) is 15.1 Å². The number of rotatable bonds is 9. The molecule has 0 bridgehead atoms. The van der Waals surface area contributed by atoms with Crippen LogP contribution in [0.15, 0.2) is 40.9 Å². The average molecular weight is 537 g/mol. The van der Waals surface area contributed by atoms with Gasteiger partial charge >= 0.3 is 18.1 Å². The maximum Gasteiger partial charge on any atom is 0.490 e. The smallest absolute Gasteiger partial charge is 0.490 e. The van der Waals surface area contributed by atoms with Gasteiger partial charge in [-0.05, 0) is 55.0 Å². The Balaban J connectivity index is 0.000000505. The van der Waals surface area contributed by atoms with Crippen LogP contribution in [0, 0.1) is 0 Å². The van der Waals surface area contributed by atoms with E-state index in [1.807, 2.05) is 0 Å². The molecule has 0 aliphatic carbocycles. The lowest BCUT2D eigenvalue weighted by atomic mass is 9.92. The van der Waals surface area contributed by atoms with Gasteiger partial charge in [0, 0.05) is 31.0 Å². The van der Waals surface area contributed by atoms with Gasteiger partial charge in [-0.1, -0.05) is 23.4 Å². The normalized spacial score (nSPS) is 13.4. The highest BCUT2D eigenvalue weighted by Crippen LogP contribution is 2.27. The summed E-state index contributed by atoms with van der Waals surface area (Å²) in [5.41, 5.74) is 3.05. The molecule has 1 atom stereocenters. The Kier molecular flexibility index (Phi) is 9.63. The number of hydrogen-bond donors (Lipinski definition) is 4. The standard InChI is InChI=1S/C23H26N4O4.C2HF3O2/c28-19-7-1-4-16(12-19)17(14-22(29)30)13-21-26-20(27-31-21)8-2-6-18-10-9-15-5-3-11-24-23(15)25-18;3-2(4,5)1(6)7/h1,4,7,9-10,12,17,28H,2-3,5-6,8,11,13-14H2,(H,24,25)(H,29,30);(H,6,7). The molecule has 0 fully saturated rings. The summed E-state index contributed by atoms with van der Waals surface area (Å²) in [6.07, 6.45) is -0.315. The van der Waals surface area contributed by atoms with E-state index in [9.17, 15) is 28.2 Å². The van der Waals surface area contributed by atoms with Gasteiger partial charge in [0.25, 0.3) is 0 Å². The predicted molar refractivity (Wildman–Crippen MR) is 128 cm³/mol. The van der Waals surface area contributed by atoms with Crippen molar-refractivity contribution < 1.29 is 42.6 Å². The molecule has 1 aliphatic heterocycles. The molecular weight excluding hydrogens is 509 g/mol. The minimum absolute atomic E-state index is 0.0841. The first-order valence-corrected chi connectivity index (χ1v) is 11.9. The molecule has 2 aromatic heterocycles. The van der Waals surface area contributed by atoms with Gasteiger partial charge in [0.2, 0.25) is 5.89 Å². The van der Waals surface area contributed by atoms with E-state index in [2.05, 4.69) is 27.6 Å². The second-order valence-corrected chi connectivity index (χ2v) is 8.70. The first-order chi connectivity index (χ1) is 18.0. The van der Waals surface area contributed by atoms with Crippen molar-refractivity contribution in [3.63, 3.8) is 0 Å². The SMILES string of the molecule is O=C(O)C(F)(F)F.O=C(O)CC(Cc1nc(CCCc2ccc3c(n2)NCCC3)no1)c1cccc(O)c1. The molecule has 0 radical (unpaired) electrons. The number of aromatic nitrogens is 3. The summed E-state index contributed by atoms with van der Waals surface area (Å²) >= 11 is 0. The molecule has 4 N–H and O–H groups in total. The van der Waals surface area contributed by atoms with Crippen LogP contribution in [0.2, 0.25) is 0 Å². The van der Waals surface area contributed by atoms with Crippen LogP contribution in [0.1, 0.15) is 53.7 Å². The van der Waals surface area contributed by atoms with Crippen LogP contribution in [0.4, 0.5) is 19.0 Å². The summed E-state index contributed by atoms with van der Waals surface area (Å²) in [4.78, 5) is 29.3. The number of aliphatic carboxylic acids is 2.